The van der Waals surface area contributed by atoms with E-state index in [1.807, 2.05) is 24.3 Å². The van der Waals surface area contributed by atoms with Crippen molar-refractivity contribution in [3.05, 3.63) is 70.1 Å². The van der Waals surface area contributed by atoms with Crippen LogP contribution < -0.4 is 10.3 Å². The molecule has 1 aliphatic rings. The van der Waals surface area contributed by atoms with E-state index in [9.17, 15) is 4.79 Å². The van der Waals surface area contributed by atoms with Gasteiger partial charge in [0.1, 0.15) is 11.9 Å². The Labute approximate surface area is 159 Å². The van der Waals surface area contributed by atoms with Crippen LogP contribution in [0.15, 0.2) is 53.5 Å². The van der Waals surface area contributed by atoms with E-state index in [0.29, 0.717) is 6.67 Å². The van der Waals surface area contributed by atoms with E-state index >= 15 is 0 Å². The van der Waals surface area contributed by atoms with Crippen molar-refractivity contribution < 1.29 is 4.74 Å². The van der Waals surface area contributed by atoms with Gasteiger partial charge >= 0.3 is 0 Å². The molecule has 0 amide bonds. The molecule has 0 bridgehead atoms. The minimum atomic E-state index is -0.0261. The van der Waals surface area contributed by atoms with Gasteiger partial charge in [0.15, 0.2) is 0 Å². The predicted octanol–water partition coefficient (Wildman–Crippen LogP) is 3.51. The van der Waals surface area contributed by atoms with Crippen molar-refractivity contribution in [3.8, 4) is 5.75 Å². The molecule has 1 aliphatic heterocycles. The van der Waals surface area contributed by atoms with Crippen molar-refractivity contribution >= 4 is 10.8 Å². The second-order valence-electron chi connectivity index (χ2n) is 7.38. The van der Waals surface area contributed by atoms with E-state index in [0.717, 1.165) is 42.5 Å². The maximum absolute atomic E-state index is 12.6. The molecule has 5 heteroatoms. The predicted molar refractivity (Wildman–Crippen MR) is 107 cm³/mol. The average molecular weight is 363 g/mol. The van der Waals surface area contributed by atoms with Crippen LogP contribution in [0.5, 0.6) is 5.75 Å². The molecule has 0 N–H and O–H groups in total. The van der Waals surface area contributed by atoms with Gasteiger partial charge in [-0.1, -0.05) is 30.3 Å². The molecule has 2 aromatic carbocycles. The van der Waals surface area contributed by atoms with Gasteiger partial charge in [-0.05, 0) is 49.9 Å². The summed E-state index contributed by atoms with van der Waals surface area (Å²) >= 11 is 0. The summed E-state index contributed by atoms with van der Waals surface area (Å²) in [4.78, 5) is 14.9. The lowest BCUT2D eigenvalue weighted by Crippen LogP contribution is -2.41. The first-order chi connectivity index (χ1) is 13.1. The molecule has 0 spiro atoms. The van der Waals surface area contributed by atoms with Gasteiger partial charge in [-0.3, -0.25) is 9.69 Å². The molecule has 140 valence electrons. The Morgan fingerprint density at radius 1 is 1.11 bits per heavy atom. The molecular formula is C22H25N3O2. The minimum absolute atomic E-state index is 0.0261. The highest BCUT2D eigenvalue weighted by molar-refractivity contribution is 5.80. The zero-order valence-corrected chi connectivity index (χ0v) is 15.9. The first kappa shape index (κ1) is 17.7. The zero-order chi connectivity index (χ0) is 18.8. The number of rotatable bonds is 4. The molecule has 0 radical (unpaired) electrons. The number of benzene rings is 2. The van der Waals surface area contributed by atoms with Gasteiger partial charge in [0.25, 0.3) is 5.56 Å². The third kappa shape index (κ3) is 3.88. The summed E-state index contributed by atoms with van der Waals surface area (Å²) in [6, 6.07) is 13.9. The molecule has 0 aliphatic carbocycles. The Morgan fingerprint density at radius 3 is 2.70 bits per heavy atom. The largest absolute Gasteiger partial charge is 0.490 e. The highest BCUT2D eigenvalue weighted by Crippen LogP contribution is 2.24. The Hall–Kier alpha value is -2.66. The van der Waals surface area contributed by atoms with Crippen LogP contribution >= 0.6 is 0 Å². The van der Waals surface area contributed by atoms with E-state index in [4.69, 9.17) is 4.74 Å². The molecule has 27 heavy (non-hydrogen) atoms. The summed E-state index contributed by atoms with van der Waals surface area (Å²) < 4.78 is 7.80. The van der Waals surface area contributed by atoms with Gasteiger partial charge < -0.3 is 4.74 Å². The zero-order valence-electron chi connectivity index (χ0n) is 15.9. The molecule has 5 nitrogen and oxygen atoms in total. The maximum Gasteiger partial charge on any atom is 0.275 e. The van der Waals surface area contributed by atoms with E-state index in [-0.39, 0.29) is 11.7 Å². The molecule has 2 heterocycles. The van der Waals surface area contributed by atoms with Crippen LogP contribution in [0.1, 0.15) is 24.0 Å². The number of piperidine rings is 1. The number of ether oxygens (including phenoxy) is 1. The third-order valence-corrected chi connectivity index (χ3v) is 5.27. The van der Waals surface area contributed by atoms with Gasteiger partial charge in [0.05, 0.1) is 18.3 Å². The third-order valence-electron chi connectivity index (χ3n) is 5.27. The molecule has 0 saturated carbocycles. The molecule has 1 saturated heterocycles. The number of fused-ring (bicyclic) bond motifs is 1. The Bertz CT molecular complexity index is 1000. The standard InChI is InChI=1S/C22H25N3O2/c1-16-7-8-17(2)21(13-16)27-19-9-11-24(12-10-19)15-25-22(26)20-6-4-3-5-18(20)14-23-25/h3-8,13-14,19H,9-12,15H2,1-2H3. The quantitative estimate of drug-likeness (QED) is 0.712. The first-order valence-corrected chi connectivity index (χ1v) is 9.51. The van der Waals surface area contributed by atoms with Crippen LogP contribution in [0.25, 0.3) is 10.8 Å². The average Bonchev–Trinajstić information content (AvgIpc) is 2.68. The monoisotopic (exact) mass is 363 g/mol. The van der Waals surface area contributed by atoms with Crippen molar-refractivity contribution in [3.63, 3.8) is 0 Å². The van der Waals surface area contributed by atoms with E-state index in [2.05, 4.69) is 42.0 Å². The SMILES string of the molecule is Cc1ccc(C)c(OC2CCN(Cn3ncc4ccccc4c3=O)CC2)c1. The topological polar surface area (TPSA) is 47.4 Å². The molecular weight excluding hydrogens is 338 g/mol. The van der Waals surface area contributed by atoms with Crippen LogP contribution in [-0.2, 0) is 6.67 Å². The Morgan fingerprint density at radius 2 is 1.89 bits per heavy atom. The highest BCUT2D eigenvalue weighted by Gasteiger charge is 2.22. The normalized spacial score (nSPS) is 15.9. The molecule has 4 rings (SSSR count). The van der Waals surface area contributed by atoms with Crippen LogP contribution in [0.3, 0.4) is 0 Å². The van der Waals surface area contributed by atoms with Crippen molar-refractivity contribution in [1.29, 1.82) is 0 Å². The van der Waals surface area contributed by atoms with Crippen LogP contribution in [0.4, 0.5) is 0 Å². The summed E-state index contributed by atoms with van der Waals surface area (Å²) in [6.07, 6.45) is 3.90. The smallest absolute Gasteiger partial charge is 0.275 e. The van der Waals surface area contributed by atoms with Gasteiger partial charge in [-0.25, -0.2) is 4.68 Å². The molecule has 1 aromatic heterocycles. The number of likely N-dealkylation sites (tertiary alicyclic amines) is 1. The Balaban J connectivity index is 1.39. The fourth-order valence-corrected chi connectivity index (χ4v) is 3.60. The van der Waals surface area contributed by atoms with Crippen molar-refractivity contribution in [1.82, 2.24) is 14.7 Å². The number of aryl methyl sites for hydroxylation is 2. The second kappa shape index (κ2) is 7.53. The molecule has 1 fully saturated rings. The number of aromatic nitrogens is 2. The summed E-state index contributed by atoms with van der Waals surface area (Å²) in [5, 5.41) is 5.95. The molecule has 0 unspecified atom stereocenters. The van der Waals surface area contributed by atoms with Crippen LogP contribution in [-0.4, -0.2) is 33.9 Å². The van der Waals surface area contributed by atoms with Crippen LogP contribution in [0.2, 0.25) is 0 Å². The summed E-state index contributed by atoms with van der Waals surface area (Å²) in [5.41, 5.74) is 2.37. The van der Waals surface area contributed by atoms with E-state index in [1.165, 1.54) is 11.1 Å². The first-order valence-electron chi connectivity index (χ1n) is 9.51. The minimum Gasteiger partial charge on any atom is -0.490 e. The fraction of sp³-hybridized carbons (Fsp3) is 0.364. The number of nitrogens with zero attached hydrogens (tertiary/aromatic N) is 3. The second-order valence-corrected chi connectivity index (χ2v) is 7.38. The van der Waals surface area contributed by atoms with Crippen molar-refractivity contribution in [2.24, 2.45) is 0 Å². The summed E-state index contributed by atoms with van der Waals surface area (Å²) in [7, 11) is 0. The number of hydrogen-bond acceptors (Lipinski definition) is 4. The Kier molecular flexibility index (Phi) is 4.94. The molecule has 0 atom stereocenters. The highest BCUT2D eigenvalue weighted by atomic mass is 16.5. The lowest BCUT2D eigenvalue weighted by molar-refractivity contribution is 0.0791. The maximum atomic E-state index is 12.6. The van der Waals surface area contributed by atoms with Gasteiger partial charge in [0, 0.05) is 18.5 Å². The van der Waals surface area contributed by atoms with Crippen molar-refractivity contribution in [2.75, 3.05) is 13.1 Å². The molecule has 3 aromatic rings. The van der Waals surface area contributed by atoms with Gasteiger partial charge in [-0.2, -0.15) is 5.10 Å². The van der Waals surface area contributed by atoms with Crippen LogP contribution in [0, 0.1) is 13.8 Å². The summed E-state index contributed by atoms with van der Waals surface area (Å²) in [5.74, 6) is 0.987. The van der Waals surface area contributed by atoms with E-state index in [1.54, 1.807) is 10.9 Å². The lowest BCUT2D eigenvalue weighted by atomic mass is 10.1. The lowest BCUT2D eigenvalue weighted by Gasteiger charge is -2.32. The van der Waals surface area contributed by atoms with Crippen molar-refractivity contribution in [2.45, 2.75) is 39.5 Å². The number of hydrogen-bond donors (Lipinski definition) is 0. The van der Waals surface area contributed by atoms with Gasteiger partial charge in [-0.15, -0.1) is 0 Å². The van der Waals surface area contributed by atoms with Gasteiger partial charge in [0.2, 0.25) is 0 Å². The van der Waals surface area contributed by atoms with E-state index < -0.39 is 0 Å². The fourth-order valence-electron chi connectivity index (χ4n) is 3.60. The summed E-state index contributed by atoms with van der Waals surface area (Å²) in [6.45, 7) is 6.50.